The fourth-order valence-corrected chi connectivity index (χ4v) is 3.84. The molecule has 1 aromatic heterocycles. The van der Waals surface area contributed by atoms with Gasteiger partial charge in [-0.05, 0) is 45.6 Å². The molecule has 2 rings (SSSR count). The lowest BCUT2D eigenvalue weighted by atomic mass is 9.88. The van der Waals surface area contributed by atoms with E-state index in [-0.39, 0.29) is 23.0 Å². The molecule has 0 radical (unpaired) electrons. The molecule has 1 aromatic rings. The summed E-state index contributed by atoms with van der Waals surface area (Å²) in [4.78, 5) is 12.3. The molecule has 1 fully saturated rings. The number of carbonyl (C=O) groups is 1. The van der Waals surface area contributed by atoms with Crippen molar-refractivity contribution in [3.05, 3.63) is 16.8 Å². The molecule has 7 nitrogen and oxygen atoms in total. The highest BCUT2D eigenvalue weighted by Gasteiger charge is 2.36. The predicted octanol–water partition coefficient (Wildman–Crippen LogP) is 3.63. The number of halogens is 1. The zero-order valence-corrected chi connectivity index (χ0v) is 19.0. The summed E-state index contributed by atoms with van der Waals surface area (Å²) in [6.45, 7) is 12.5. The van der Waals surface area contributed by atoms with Gasteiger partial charge in [-0.3, -0.25) is 4.79 Å². The Bertz CT molecular complexity index is 685. The molecule has 2 unspecified atom stereocenters. The zero-order valence-electron chi connectivity index (χ0n) is 17.5. The molecular weight excluding hydrogens is 400 g/mol. The fourth-order valence-electron chi connectivity index (χ4n) is 2.73. The zero-order chi connectivity index (χ0) is 21.1. The molecule has 0 saturated carbocycles. The van der Waals surface area contributed by atoms with E-state index in [1.54, 1.807) is 6.07 Å². The van der Waals surface area contributed by atoms with Crippen LogP contribution in [-0.4, -0.2) is 38.6 Å². The van der Waals surface area contributed by atoms with Crippen LogP contribution >= 0.6 is 11.6 Å². The third kappa shape index (κ3) is 6.29. The maximum atomic E-state index is 12.8. The smallest absolute Gasteiger partial charge is 0.230 e. The molecule has 28 heavy (non-hydrogen) atoms. The van der Waals surface area contributed by atoms with Gasteiger partial charge in [0.05, 0.1) is 6.04 Å². The average Bonchev–Trinajstić information content (AvgIpc) is 2.60. The number of hydrogen-bond donors (Lipinski definition) is 2. The number of ether oxygens (including phenoxy) is 1. The Hall–Kier alpha value is -0.930. The highest BCUT2D eigenvalue weighted by molar-refractivity contribution is 7.90. The Kier molecular flexibility index (Phi) is 7.72. The van der Waals surface area contributed by atoms with Crippen molar-refractivity contribution in [3.63, 3.8) is 0 Å². The minimum Gasteiger partial charge on any atom is -0.598 e. The normalized spacial score (nSPS) is 18.6. The molecule has 1 aliphatic rings. The minimum absolute atomic E-state index is 0.163. The quantitative estimate of drug-likeness (QED) is 0.692. The van der Waals surface area contributed by atoms with Crippen molar-refractivity contribution in [1.29, 1.82) is 0 Å². The molecule has 1 amide bonds. The van der Waals surface area contributed by atoms with Crippen LogP contribution in [0.3, 0.4) is 0 Å². The van der Waals surface area contributed by atoms with Crippen molar-refractivity contribution in [2.75, 3.05) is 18.5 Å². The molecule has 9 heteroatoms. The van der Waals surface area contributed by atoms with Crippen molar-refractivity contribution in [2.24, 2.45) is 11.3 Å². The van der Waals surface area contributed by atoms with Gasteiger partial charge in [0.15, 0.2) is 11.0 Å². The summed E-state index contributed by atoms with van der Waals surface area (Å²) in [5.74, 6) is 0.358. The second kappa shape index (κ2) is 9.26. The first-order valence-corrected chi connectivity index (χ1v) is 11.0. The predicted molar refractivity (Wildman–Crippen MR) is 112 cm³/mol. The Labute approximate surface area is 175 Å². The molecule has 0 bridgehead atoms. The lowest BCUT2D eigenvalue weighted by Gasteiger charge is -2.34. The summed E-state index contributed by atoms with van der Waals surface area (Å²) < 4.78 is 21.1. The van der Waals surface area contributed by atoms with E-state index in [4.69, 9.17) is 16.3 Å². The molecule has 0 aliphatic carbocycles. The SMILES string of the molecule is CC(C)(C)C(=O)Nc1cc(C(N[S+]([O-])C(C)(C)C)C2CCOCC2)c(Cl)nn1. The van der Waals surface area contributed by atoms with Crippen LogP contribution in [0.15, 0.2) is 6.07 Å². The molecule has 2 heterocycles. The van der Waals surface area contributed by atoms with Crippen LogP contribution in [0.25, 0.3) is 0 Å². The van der Waals surface area contributed by atoms with Crippen molar-refractivity contribution in [1.82, 2.24) is 14.9 Å². The maximum absolute atomic E-state index is 12.8. The Morgan fingerprint density at radius 3 is 2.39 bits per heavy atom. The van der Waals surface area contributed by atoms with Gasteiger partial charge in [-0.25, -0.2) is 0 Å². The lowest BCUT2D eigenvalue weighted by molar-refractivity contribution is -0.123. The van der Waals surface area contributed by atoms with Crippen molar-refractivity contribution in [3.8, 4) is 0 Å². The highest BCUT2D eigenvalue weighted by Crippen LogP contribution is 2.35. The second-order valence-electron chi connectivity index (χ2n) is 9.11. The second-order valence-corrected chi connectivity index (χ2v) is 11.5. The Morgan fingerprint density at radius 2 is 1.86 bits per heavy atom. The monoisotopic (exact) mass is 430 g/mol. The lowest BCUT2D eigenvalue weighted by Crippen LogP contribution is -2.44. The van der Waals surface area contributed by atoms with Gasteiger partial charge in [-0.15, -0.1) is 14.9 Å². The fraction of sp³-hybridized carbons (Fsp3) is 0.737. The Morgan fingerprint density at radius 1 is 1.25 bits per heavy atom. The summed E-state index contributed by atoms with van der Waals surface area (Å²) in [7, 11) is 0. The third-order valence-corrected chi connectivity index (χ3v) is 6.44. The highest BCUT2D eigenvalue weighted by atomic mass is 35.5. The number of aromatic nitrogens is 2. The van der Waals surface area contributed by atoms with E-state index in [2.05, 4.69) is 20.2 Å². The molecular formula is C19H31ClN4O3S. The van der Waals surface area contributed by atoms with Crippen LogP contribution in [0.4, 0.5) is 5.82 Å². The van der Waals surface area contributed by atoms with E-state index in [0.717, 1.165) is 12.8 Å². The van der Waals surface area contributed by atoms with E-state index in [9.17, 15) is 9.35 Å². The number of nitrogens with one attached hydrogen (secondary N) is 2. The summed E-state index contributed by atoms with van der Waals surface area (Å²) in [5, 5.41) is 11.1. The van der Waals surface area contributed by atoms with Crippen LogP contribution in [-0.2, 0) is 20.9 Å². The molecule has 1 saturated heterocycles. The van der Waals surface area contributed by atoms with Gasteiger partial charge in [0.1, 0.15) is 4.75 Å². The van der Waals surface area contributed by atoms with Gasteiger partial charge in [0, 0.05) is 35.6 Å². The number of rotatable bonds is 5. The molecule has 0 spiro atoms. The van der Waals surface area contributed by atoms with E-state index in [0.29, 0.717) is 24.6 Å². The first kappa shape index (κ1) is 23.3. The Balaban J connectivity index is 2.35. The van der Waals surface area contributed by atoms with Gasteiger partial charge < -0.3 is 14.6 Å². The molecule has 2 N–H and O–H groups in total. The van der Waals surface area contributed by atoms with E-state index >= 15 is 0 Å². The first-order chi connectivity index (χ1) is 12.9. The van der Waals surface area contributed by atoms with Gasteiger partial charge >= 0.3 is 0 Å². The van der Waals surface area contributed by atoms with Crippen LogP contribution < -0.4 is 10.0 Å². The van der Waals surface area contributed by atoms with Crippen LogP contribution in [0, 0.1) is 11.3 Å². The first-order valence-electron chi connectivity index (χ1n) is 9.50. The molecule has 1 aliphatic heterocycles. The van der Waals surface area contributed by atoms with Gasteiger partial charge in [-0.1, -0.05) is 32.4 Å². The van der Waals surface area contributed by atoms with Gasteiger partial charge in [0.2, 0.25) is 5.91 Å². The number of hydrogen-bond acceptors (Lipinski definition) is 6. The van der Waals surface area contributed by atoms with E-state index < -0.39 is 21.5 Å². The number of nitrogens with zero attached hydrogens (tertiary/aromatic N) is 2. The number of amides is 1. The molecule has 158 valence electrons. The largest absolute Gasteiger partial charge is 0.598 e. The maximum Gasteiger partial charge on any atom is 0.230 e. The summed E-state index contributed by atoms with van der Waals surface area (Å²) in [6.07, 6.45) is 1.64. The number of anilines is 1. The standard InChI is InChI=1S/C19H31ClN4O3S/c1-18(2,3)17(25)21-14-11-13(16(20)23-22-14)15(12-7-9-27-10-8-12)24-28(26)19(4,5)6/h11-12,15,24H,7-10H2,1-6H3,(H,21,22,25). The van der Waals surface area contributed by atoms with Crippen LogP contribution in [0.1, 0.15) is 66.0 Å². The number of carbonyl (C=O) groups excluding carboxylic acids is 1. The summed E-state index contributed by atoms with van der Waals surface area (Å²) in [5.41, 5.74) is 0.124. The summed E-state index contributed by atoms with van der Waals surface area (Å²) >= 11 is 5.08. The topological polar surface area (TPSA) is 99.2 Å². The van der Waals surface area contributed by atoms with Crippen molar-refractivity contribution >= 4 is 34.7 Å². The molecule has 0 aromatic carbocycles. The average molecular weight is 431 g/mol. The third-order valence-electron chi connectivity index (χ3n) is 4.56. The summed E-state index contributed by atoms with van der Waals surface area (Å²) in [6, 6.07) is 1.45. The minimum atomic E-state index is -1.29. The van der Waals surface area contributed by atoms with E-state index in [1.165, 1.54) is 0 Å². The van der Waals surface area contributed by atoms with Crippen molar-refractivity contribution in [2.45, 2.75) is 65.2 Å². The molecule has 2 atom stereocenters. The van der Waals surface area contributed by atoms with Crippen molar-refractivity contribution < 1.29 is 14.1 Å². The van der Waals surface area contributed by atoms with E-state index in [1.807, 2.05) is 41.5 Å². The van der Waals surface area contributed by atoms with Crippen LogP contribution in [0.5, 0.6) is 0 Å². The van der Waals surface area contributed by atoms with Crippen LogP contribution in [0.2, 0.25) is 5.15 Å². The van der Waals surface area contributed by atoms with Gasteiger partial charge in [-0.2, -0.15) is 0 Å². The van der Waals surface area contributed by atoms with Gasteiger partial charge in [0.25, 0.3) is 0 Å².